The van der Waals surface area contributed by atoms with Crippen molar-refractivity contribution in [1.82, 2.24) is 9.97 Å². The third-order valence-corrected chi connectivity index (χ3v) is 1.55. The van der Waals surface area contributed by atoms with E-state index in [0.717, 1.165) is 11.1 Å². The summed E-state index contributed by atoms with van der Waals surface area (Å²) in [5, 5.41) is 0. The highest BCUT2D eigenvalue weighted by atomic mass is 14.8. The maximum atomic E-state index is 3.95. The molecule has 0 N–H and O–H groups in total. The largest absolute Gasteiger partial charge is 0.244 e. The third-order valence-electron chi connectivity index (χ3n) is 1.55. The Balaban J connectivity index is 2.97. The number of allylic oxidation sites excluding steroid dienone is 4. The third kappa shape index (κ3) is 2.02. The summed E-state index contributed by atoms with van der Waals surface area (Å²) in [6.07, 6.45) is 11.2. The van der Waals surface area contributed by atoms with Crippen molar-refractivity contribution in [3.05, 3.63) is 42.5 Å². The van der Waals surface area contributed by atoms with Crippen LogP contribution in [0.25, 0.3) is 5.57 Å². The summed E-state index contributed by atoms with van der Waals surface area (Å²) in [4.78, 5) is 7.90. The zero-order valence-corrected chi connectivity index (χ0v) is 7.36. The van der Waals surface area contributed by atoms with Gasteiger partial charge in [0.1, 0.15) is 6.33 Å². The first-order valence-corrected chi connectivity index (χ1v) is 3.93. The van der Waals surface area contributed by atoms with Crippen molar-refractivity contribution in [3.8, 4) is 0 Å². The van der Waals surface area contributed by atoms with Crippen LogP contribution < -0.4 is 0 Å². The van der Waals surface area contributed by atoms with Crippen molar-refractivity contribution in [3.63, 3.8) is 0 Å². The summed E-state index contributed by atoms with van der Waals surface area (Å²) in [7, 11) is 0. The first-order chi connectivity index (χ1) is 5.88. The van der Waals surface area contributed by atoms with Crippen LogP contribution in [0.3, 0.4) is 0 Å². The van der Waals surface area contributed by atoms with Crippen molar-refractivity contribution in [1.29, 1.82) is 0 Å². The van der Waals surface area contributed by atoms with Gasteiger partial charge in [0.05, 0.1) is 0 Å². The average molecular weight is 160 g/mol. The lowest BCUT2D eigenvalue weighted by Crippen LogP contribution is -1.83. The molecule has 0 unspecified atom stereocenters. The molecule has 62 valence electrons. The smallest absolute Gasteiger partial charge is 0.115 e. The lowest BCUT2D eigenvalue weighted by molar-refractivity contribution is 1.15. The fraction of sp³-hybridized carbons (Fsp3) is 0.200. The van der Waals surface area contributed by atoms with Gasteiger partial charge in [-0.2, -0.15) is 0 Å². The predicted octanol–water partition coefficient (Wildman–Crippen LogP) is 2.46. The Morgan fingerprint density at radius 3 is 2.42 bits per heavy atom. The molecule has 2 nitrogen and oxygen atoms in total. The predicted molar refractivity (Wildman–Crippen MR) is 50.5 cm³/mol. The number of aromatic nitrogens is 2. The van der Waals surface area contributed by atoms with Crippen LogP contribution in [0.4, 0.5) is 0 Å². The van der Waals surface area contributed by atoms with Gasteiger partial charge >= 0.3 is 0 Å². The molecular weight excluding hydrogens is 148 g/mol. The topological polar surface area (TPSA) is 25.8 Å². The van der Waals surface area contributed by atoms with Gasteiger partial charge in [-0.25, -0.2) is 9.97 Å². The monoisotopic (exact) mass is 160 g/mol. The summed E-state index contributed by atoms with van der Waals surface area (Å²) < 4.78 is 0. The fourth-order valence-corrected chi connectivity index (χ4v) is 0.987. The van der Waals surface area contributed by atoms with Crippen LogP contribution in [0.1, 0.15) is 19.4 Å². The van der Waals surface area contributed by atoms with E-state index in [-0.39, 0.29) is 0 Å². The molecular formula is C10H12N2. The van der Waals surface area contributed by atoms with Gasteiger partial charge in [-0.1, -0.05) is 18.2 Å². The first-order valence-electron chi connectivity index (χ1n) is 3.93. The van der Waals surface area contributed by atoms with Crippen molar-refractivity contribution >= 4 is 5.57 Å². The maximum absolute atomic E-state index is 3.95. The van der Waals surface area contributed by atoms with Crippen molar-refractivity contribution in [2.75, 3.05) is 0 Å². The average Bonchev–Trinajstić information content (AvgIpc) is 2.15. The molecule has 0 aliphatic rings. The Morgan fingerprint density at radius 1 is 1.25 bits per heavy atom. The van der Waals surface area contributed by atoms with Gasteiger partial charge in [0, 0.05) is 18.0 Å². The number of hydrogen-bond acceptors (Lipinski definition) is 2. The fourth-order valence-electron chi connectivity index (χ4n) is 0.987. The first kappa shape index (κ1) is 8.65. The molecule has 0 amide bonds. The standard InChI is InChI=1S/C10H12N2/c1-3-5-9(4-2)10-6-11-8-12-7-10/h3-8H,1-2H3. The normalized spacial score (nSPS) is 12.3. The van der Waals surface area contributed by atoms with Gasteiger partial charge in [-0.3, -0.25) is 0 Å². The molecule has 1 aromatic heterocycles. The van der Waals surface area contributed by atoms with Crippen molar-refractivity contribution in [2.24, 2.45) is 0 Å². The van der Waals surface area contributed by atoms with Gasteiger partial charge in [0.25, 0.3) is 0 Å². The van der Waals surface area contributed by atoms with Gasteiger partial charge in [0.2, 0.25) is 0 Å². The van der Waals surface area contributed by atoms with Crippen molar-refractivity contribution in [2.45, 2.75) is 13.8 Å². The summed E-state index contributed by atoms with van der Waals surface area (Å²) in [5.74, 6) is 0. The highest BCUT2D eigenvalue weighted by molar-refractivity contribution is 5.72. The SMILES string of the molecule is CC=CC(=CC)c1cncnc1. The van der Waals surface area contributed by atoms with E-state index in [1.807, 2.05) is 44.5 Å². The second-order valence-electron chi connectivity index (χ2n) is 2.37. The quantitative estimate of drug-likeness (QED) is 0.621. The Hall–Kier alpha value is -1.44. The lowest BCUT2D eigenvalue weighted by Gasteiger charge is -1.98. The minimum Gasteiger partial charge on any atom is -0.244 e. The van der Waals surface area contributed by atoms with E-state index in [0.29, 0.717) is 0 Å². The summed E-state index contributed by atoms with van der Waals surface area (Å²) in [6, 6.07) is 0. The second kappa shape index (κ2) is 4.44. The summed E-state index contributed by atoms with van der Waals surface area (Å²) in [6.45, 7) is 4.00. The molecule has 0 atom stereocenters. The molecule has 0 aromatic carbocycles. The van der Waals surface area contributed by atoms with Gasteiger partial charge in [-0.05, 0) is 19.4 Å². The van der Waals surface area contributed by atoms with E-state index >= 15 is 0 Å². The van der Waals surface area contributed by atoms with Crippen LogP contribution in [0.5, 0.6) is 0 Å². The van der Waals surface area contributed by atoms with E-state index in [4.69, 9.17) is 0 Å². The molecule has 1 aromatic rings. The molecule has 1 heterocycles. The Bertz CT molecular complexity index is 286. The number of rotatable bonds is 2. The van der Waals surface area contributed by atoms with E-state index in [1.165, 1.54) is 6.33 Å². The molecule has 0 saturated heterocycles. The van der Waals surface area contributed by atoms with E-state index in [9.17, 15) is 0 Å². The number of hydrogen-bond donors (Lipinski definition) is 0. The highest BCUT2D eigenvalue weighted by Gasteiger charge is 1.94. The lowest BCUT2D eigenvalue weighted by atomic mass is 10.1. The van der Waals surface area contributed by atoms with Gasteiger partial charge < -0.3 is 0 Å². The van der Waals surface area contributed by atoms with Crippen LogP contribution in [-0.4, -0.2) is 9.97 Å². The van der Waals surface area contributed by atoms with E-state index in [2.05, 4.69) is 9.97 Å². The van der Waals surface area contributed by atoms with Crippen LogP contribution in [0.2, 0.25) is 0 Å². The maximum Gasteiger partial charge on any atom is 0.115 e. The minimum atomic E-state index is 1.05. The molecule has 0 radical (unpaired) electrons. The molecule has 0 fully saturated rings. The summed E-state index contributed by atoms with van der Waals surface area (Å²) >= 11 is 0. The van der Waals surface area contributed by atoms with Gasteiger partial charge in [0.15, 0.2) is 0 Å². The van der Waals surface area contributed by atoms with E-state index < -0.39 is 0 Å². The molecule has 12 heavy (non-hydrogen) atoms. The molecule has 0 saturated carbocycles. The minimum absolute atomic E-state index is 1.05. The molecule has 1 rings (SSSR count). The van der Waals surface area contributed by atoms with Crippen LogP contribution in [0, 0.1) is 0 Å². The molecule has 0 bridgehead atoms. The highest BCUT2D eigenvalue weighted by Crippen LogP contribution is 2.12. The Kier molecular flexibility index (Phi) is 3.20. The molecule has 2 heteroatoms. The van der Waals surface area contributed by atoms with Crippen LogP contribution in [0.15, 0.2) is 36.9 Å². The zero-order chi connectivity index (χ0) is 8.81. The molecule has 0 aliphatic heterocycles. The zero-order valence-electron chi connectivity index (χ0n) is 7.36. The number of nitrogens with zero attached hydrogens (tertiary/aromatic N) is 2. The Morgan fingerprint density at radius 2 is 1.92 bits per heavy atom. The van der Waals surface area contributed by atoms with E-state index in [1.54, 1.807) is 0 Å². The van der Waals surface area contributed by atoms with Crippen molar-refractivity contribution < 1.29 is 0 Å². The molecule has 0 aliphatic carbocycles. The Labute approximate surface area is 72.7 Å². The summed E-state index contributed by atoms with van der Waals surface area (Å²) in [5.41, 5.74) is 2.20. The van der Waals surface area contributed by atoms with Crippen LogP contribution >= 0.6 is 0 Å². The molecule has 0 spiro atoms. The second-order valence-corrected chi connectivity index (χ2v) is 2.37. The van der Waals surface area contributed by atoms with Gasteiger partial charge in [-0.15, -0.1) is 0 Å². The van der Waals surface area contributed by atoms with Crippen LogP contribution in [-0.2, 0) is 0 Å².